The van der Waals surface area contributed by atoms with Gasteiger partial charge in [-0.1, -0.05) is 18.2 Å². The number of hydrogen-bond donors (Lipinski definition) is 3. The first-order chi connectivity index (χ1) is 15.6. The Bertz CT molecular complexity index is 875. The average Bonchev–Trinajstić information content (AvgIpc) is 2.83. The number of nitrogens with one attached hydrogen (secondary N) is 3. The summed E-state index contributed by atoms with van der Waals surface area (Å²) < 4.78 is 16.1. The number of benzene rings is 2. The molecule has 2 aromatic rings. The van der Waals surface area contributed by atoms with Gasteiger partial charge in [-0.3, -0.25) is 9.79 Å². The number of guanidine groups is 1. The Hall–Kier alpha value is -2.69. The van der Waals surface area contributed by atoms with Gasteiger partial charge < -0.3 is 30.2 Å². The molecule has 0 saturated heterocycles. The van der Waals surface area contributed by atoms with Crippen molar-refractivity contribution in [2.24, 2.45) is 4.99 Å². The number of rotatable bonds is 12. The van der Waals surface area contributed by atoms with E-state index in [2.05, 4.69) is 20.9 Å². The topological polar surface area (TPSA) is 93.2 Å². The number of methoxy groups -OCH3 is 2. The second kappa shape index (κ2) is 16.0. The van der Waals surface area contributed by atoms with Crippen molar-refractivity contribution in [2.75, 3.05) is 41.0 Å². The quantitative estimate of drug-likeness (QED) is 0.157. The third-order valence-electron chi connectivity index (χ3n) is 4.75. The molecular formula is C24H35IN4O4. The molecule has 0 radical (unpaired) electrons. The highest BCUT2D eigenvalue weighted by molar-refractivity contribution is 14.0. The number of carbonyl (C=O) groups excluding carboxylic acids is 1. The van der Waals surface area contributed by atoms with Gasteiger partial charge in [0.05, 0.1) is 27.4 Å². The molecule has 182 valence electrons. The number of nitrogens with zero attached hydrogens (tertiary/aromatic N) is 1. The zero-order valence-corrected chi connectivity index (χ0v) is 22.1. The van der Waals surface area contributed by atoms with Gasteiger partial charge >= 0.3 is 0 Å². The van der Waals surface area contributed by atoms with Crippen molar-refractivity contribution in [3.63, 3.8) is 0 Å². The Morgan fingerprint density at radius 3 is 2.30 bits per heavy atom. The van der Waals surface area contributed by atoms with Gasteiger partial charge in [0.15, 0.2) is 17.5 Å². The monoisotopic (exact) mass is 570 g/mol. The molecule has 0 heterocycles. The van der Waals surface area contributed by atoms with Gasteiger partial charge in [-0.25, -0.2) is 0 Å². The predicted molar refractivity (Wildman–Crippen MR) is 142 cm³/mol. The van der Waals surface area contributed by atoms with Crippen LogP contribution in [0.5, 0.6) is 17.2 Å². The summed E-state index contributed by atoms with van der Waals surface area (Å²) in [7, 11) is 4.95. The van der Waals surface area contributed by atoms with Crippen LogP contribution in [-0.2, 0) is 17.8 Å². The van der Waals surface area contributed by atoms with Gasteiger partial charge in [0.2, 0.25) is 5.91 Å². The van der Waals surface area contributed by atoms with Gasteiger partial charge in [-0.15, -0.1) is 24.0 Å². The lowest BCUT2D eigenvalue weighted by atomic mass is 10.1. The first-order valence-corrected chi connectivity index (χ1v) is 10.7. The van der Waals surface area contributed by atoms with E-state index in [9.17, 15) is 4.79 Å². The van der Waals surface area contributed by atoms with E-state index in [0.717, 1.165) is 42.2 Å². The molecule has 9 heteroatoms. The molecule has 0 aliphatic rings. The minimum atomic E-state index is -0.106. The predicted octanol–water partition coefficient (Wildman–Crippen LogP) is 3.13. The number of aryl methyl sites for hydroxylation is 1. The molecule has 0 spiro atoms. The van der Waals surface area contributed by atoms with Crippen LogP contribution in [0.15, 0.2) is 47.5 Å². The summed E-state index contributed by atoms with van der Waals surface area (Å²) in [5.41, 5.74) is 2.18. The van der Waals surface area contributed by atoms with Crippen LogP contribution in [0.1, 0.15) is 24.5 Å². The lowest BCUT2D eigenvalue weighted by molar-refractivity contribution is -0.120. The second-order valence-electron chi connectivity index (χ2n) is 7.00. The number of aliphatic imine (C=N–C) groups is 1. The Balaban J connectivity index is 0.00000544. The van der Waals surface area contributed by atoms with Crippen molar-refractivity contribution in [3.8, 4) is 17.2 Å². The molecule has 0 aliphatic carbocycles. The molecule has 0 aliphatic heterocycles. The van der Waals surface area contributed by atoms with Crippen molar-refractivity contribution in [1.29, 1.82) is 0 Å². The number of hydrogen-bond acceptors (Lipinski definition) is 5. The van der Waals surface area contributed by atoms with Gasteiger partial charge in [0, 0.05) is 20.1 Å². The van der Waals surface area contributed by atoms with Crippen LogP contribution in [0.3, 0.4) is 0 Å². The van der Waals surface area contributed by atoms with Crippen LogP contribution in [0.25, 0.3) is 0 Å². The second-order valence-corrected chi connectivity index (χ2v) is 7.00. The van der Waals surface area contributed by atoms with E-state index in [1.807, 2.05) is 49.4 Å². The highest BCUT2D eigenvalue weighted by Crippen LogP contribution is 2.28. The van der Waals surface area contributed by atoms with E-state index in [4.69, 9.17) is 14.2 Å². The number of amides is 1. The third kappa shape index (κ3) is 10.2. The van der Waals surface area contributed by atoms with Gasteiger partial charge in [0.25, 0.3) is 0 Å². The minimum absolute atomic E-state index is 0. The fourth-order valence-electron chi connectivity index (χ4n) is 3.04. The molecule has 0 unspecified atom stereocenters. The molecular weight excluding hydrogens is 535 g/mol. The smallest absolute Gasteiger partial charge is 0.239 e. The highest BCUT2D eigenvalue weighted by atomic mass is 127. The summed E-state index contributed by atoms with van der Waals surface area (Å²) in [4.78, 5) is 16.3. The fourth-order valence-corrected chi connectivity index (χ4v) is 3.04. The molecule has 2 aromatic carbocycles. The van der Waals surface area contributed by atoms with Crippen LogP contribution in [0.2, 0.25) is 0 Å². The zero-order valence-electron chi connectivity index (χ0n) is 19.8. The molecule has 33 heavy (non-hydrogen) atoms. The summed E-state index contributed by atoms with van der Waals surface area (Å²) in [5, 5.41) is 9.15. The lowest BCUT2D eigenvalue weighted by Crippen LogP contribution is -2.43. The van der Waals surface area contributed by atoms with Crippen molar-refractivity contribution >= 4 is 35.8 Å². The summed E-state index contributed by atoms with van der Waals surface area (Å²) in [5.74, 6) is 2.78. The summed E-state index contributed by atoms with van der Waals surface area (Å²) >= 11 is 0. The van der Waals surface area contributed by atoms with Crippen LogP contribution in [0, 0.1) is 0 Å². The van der Waals surface area contributed by atoms with E-state index in [1.54, 1.807) is 21.3 Å². The van der Waals surface area contributed by atoms with Crippen molar-refractivity contribution in [3.05, 3.63) is 53.6 Å². The van der Waals surface area contributed by atoms with Crippen LogP contribution in [-0.4, -0.2) is 52.8 Å². The normalized spacial score (nSPS) is 10.6. The Labute approximate surface area is 213 Å². The Kier molecular flexibility index (Phi) is 13.7. The van der Waals surface area contributed by atoms with E-state index in [0.29, 0.717) is 19.1 Å². The maximum Gasteiger partial charge on any atom is 0.239 e. The zero-order chi connectivity index (χ0) is 23.2. The highest BCUT2D eigenvalue weighted by Gasteiger charge is 2.06. The average molecular weight is 570 g/mol. The molecule has 0 aromatic heterocycles. The standard InChI is InChI=1S/C24H34N4O4.HI/c1-5-32-22-15-18(10-13-21(22)31-4)7-6-14-26-24(25-2)28-17-23(29)27-16-19-8-11-20(30-3)12-9-19;/h8-13,15H,5-7,14,16-17H2,1-4H3,(H,27,29)(H2,25,26,28);1H. The Morgan fingerprint density at radius 2 is 1.67 bits per heavy atom. The van der Waals surface area contributed by atoms with Gasteiger partial charge in [0.1, 0.15) is 5.75 Å². The number of carbonyl (C=O) groups is 1. The molecule has 1 amide bonds. The molecule has 0 bridgehead atoms. The van der Waals surface area contributed by atoms with E-state index >= 15 is 0 Å². The first kappa shape index (κ1) is 28.3. The third-order valence-corrected chi connectivity index (χ3v) is 4.75. The summed E-state index contributed by atoms with van der Waals surface area (Å²) in [6.07, 6.45) is 1.79. The molecule has 0 atom stereocenters. The maximum absolute atomic E-state index is 12.1. The molecule has 0 fully saturated rings. The van der Waals surface area contributed by atoms with Crippen LogP contribution < -0.4 is 30.2 Å². The fraction of sp³-hybridized carbons (Fsp3) is 0.417. The van der Waals surface area contributed by atoms with Crippen molar-refractivity contribution < 1.29 is 19.0 Å². The van der Waals surface area contributed by atoms with Crippen LogP contribution in [0.4, 0.5) is 0 Å². The number of ether oxygens (including phenoxy) is 3. The maximum atomic E-state index is 12.1. The molecule has 3 N–H and O–H groups in total. The van der Waals surface area contributed by atoms with Crippen molar-refractivity contribution in [1.82, 2.24) is 16.0 Å². The molecule has 2 rings (SSSR count). The van der Waals surface area contributed by atoms with Crippen molar-refractivity contribution in [2.45, 2.75) is 26.3 Å². The Morgan fingerprint density at radius 1 is 0.939 bits per heavy atom. The molecule has 8 nitrogen and oxygen atoms in total. The SMILES string of the molecule is CCOc1cc(CCCNC(=NC)NCC(=O)NCc2ccc(OC)cc2)ccc1OC.I. The lowest BCUT2D eigenvalue weighted by Gasteiger charge is -2.13. The van der Waals surface area contributed by atoms with E-state index in [1.165, 1.54) is 5.56 Å². The largest absolute Gasteiger partial charge is 0.497 e. The van der Waals surface area contributed by atoms with Crippen LogP contribution >= 0.6 is 24.0 Å². The summed E-state index contributed by atoms with van der Waals surface area (Å²) in [6.45, 7) is 3.88. The minimum Gasteiger partial charge on any atom is -0.497 e. The van der Waals surface area contributed by atoms with Gasteiger partial charge in [-0.05, 0) is 55.2 Å². The van der Waals surface area contributed by atoms with E-state index in [-0.39, 0.29) is 36.4 Å². The molecule has 0 saturated carbocycles. The number of halogens is 1. The van der Waals surface area contributed by atoms with Gasteiger partial charge in [-0.2, -0.15) is 0 Å². The first-order valence-electron chi connectivity index (χ1n) is 10.7. The van der Waals surface area contributed by atoms with E-state index < -0.39 is 0 Å². The summed E-state index contributed by atoms with van der Waals surface area (Å²) in [6, 6.07) is 13.6.